The van der Waals surface area contributed by atoms with Crippen LogP contribution < -0.4 is 16.2 Å². The van der Waals surface area contributed by atoms with Crippen molar-refractivity contribution < 1.29 is 4.74 Å². The standard InChI is InChI=1S/C16H23ClN2O/c17-14-7-13(15(19)8-18)11-3-1-2-4-12(11)16(14)20-9-10-5-6-10/h7,10,15H,1-6,8-9,18-19H2. The van der Waals surface area contributed by atoms with Crippen LogP contribution in [0.15, 0.2) is 6.07 Å². The van der Waals surface area contributed by atoms with Gasteiger partial charge in [-0.15, -0.1) is 0 Å². The molecule has 1 atom stereocenters. The lowest BCUT2D eigenvalue weighted by Crippen LogP contribution is -2.24. The van der Waals surface area contributed by atoms with Crippen molar-refractivity contribution in [3.05, 3.63) is 27.8 Å². The summed E-state index contributed by atoms with van der Waals surface area (Å²) in [5, 5.41) is 0.699. The van der Waals surface area contributed by atoms with Crippen LogP contribution >= 0.6 is 11.6 Å². The molecule has 0 aliphatic heterocycles. The highest BCUT2D eigenvalue weighted by Crippen LogP contribution is 2.41. The Balaban J connectivity index is 1.96. The van der Waals surface area contributed by atoms with Gasteiger partial charge in [0.2, 0.25) is 0 Å². The van der Waals surface area contributed by atoms with Crippen molar-refractivity contribution >= 4 is 11.6 Å². The van der Waals surface area contributed by atoms with Gasteiger partial charge in [0.1, 0.15) is 5.75 Å². The van der Waals surface area contributed by atoms with Crippen molar-refractivity contribution in [3.8, 4) is 5.75 Å². The number of fused-ring (bicyclic) bond motifs is 1. The molecule has 0 bridgehead atoms. The van der Waals surface area contributed by atoms with E-state index in [-0.39, 0.29) is 6.04 Å². The number of halogens is 1. The van der Waals surface area contributed by atoms with E-state index in [1.54, 1.807) is 0 Å². The zero-order valence-electron chi connectivity index (χ0n) is 11.8. The van der Waals surface area contributed by atoms with Gasteiger partial charge in [-0.2, -0.15) is 0 Å². The van der Waals surface area contributed by atoms with E-state index in [1.165, 1.54) is 36.8 Å². The topological polar surface area (TPSA) is 61.3 Å². The van der Waals surface area contributed by atoms with Gasteiger partial charge in [-0.05, 0) is 67.2 Å². The van der Waals surface area contributed by atoms with Crippen molar-refractivity contribution in [2.45, 2.75) is 44.6 Å². The highest BCUT2D eigenvalue weighted by atomic mass is 35.5. The summed E-state index contributed by atoms with van der Waals surface area (Å²) in [6.45, 7) is 1.25. The molecule has 0 spiro atoms. The molecule has 0 radical (unpaired) electrons. The molecule has 0 amide bonds. The first-order valence-electron chi connectivity index (χ1n) is 7.63. The largest absolute Gasteiger partial charge is 0.491 e. The second kappa shape index (κ2) is 5.92. The summed E-state index contributed by atoms with van der Waals surface area (Å²) in [4.78, 5) is 0. The zero-order chi connectivity index (χ0) is 14.1. The van der Waals surface area contributed by atoms with Crippen LogP contribution in [0.1, 0.15) is 48.4 Å². The fourth-order valence-electron chi connectivity index (χ4n) is 3.01. The Hall–Kier alpha value is -0.770. The van der Waals surface area contributed by atoms with E-state index >= 15 is 0 Å². The minimum absolute atomic E-state index is 0.128. The van der Waals surface area contributed by atoms with Crippen LogP contribution in [-0.2, 0) is 12.8 Å². The van der Waals surface area contributed by atoms with E-state index in [1.807, 2.05) is 6.07 Å². The van der Waals surface area contributed by atoms with Gasteiger partial charge >= 0.3 is 0 Å². The van der Waals surface area contributed by atoms with Gasteiger partial charge in [0, 0.05) is 12.6 Å². The number of hydrogen-bond donors (Lipinski definition) is 2. The molecule has 0 saturated heterocycles. The molecule has 1 saturated carbocycles. The normalized spacial score (nSPS) is 19.6. The molecule has 20 heavy (non-hydrogen) atoms. The lowest BCUT2D eigenvalue weighted by Gasteiger charge is -2.26. The molecular weight excluding hydrogens is 272 g/mol. The molecule has 1 fully saturated rings. The Morgan fingerprint density at radius 3 is 2.60 bits per heavy atom. The van der Waals surface area contributed by atoms with E-state index in [0.29, 0.717) is 11.6 Å². The van der Waals surface area contributed by atoms with Gasteiger partial charge in [-0.25, -0.2) is 0 Å². The molecular formula is C16H23ClN2O. The fourth-order valence-corrected chi connectivity index (χ4v) is 3.29. The smallest absolute Gasteiger partial charge is 0.141 e. The van der Waals surface area contributed by atoms with Crippen LogP contribution in [0.2, 0.25) is 5.02 Å². The Bertz CT molecular complexity index is 500. The minimum atomic E-state index is -0.128. The maximum Gasteiger partial charge on any atom is 0.141 e. The first kappa shape index (κ1) is 14.2. The number of benzene rings is 1. The van der Waals surface area contributed by atoms with Gasteiger partial charge in [0.15, 0.2) is 0 Å². The lowest BCUT2D eigenvalue weighted by molar-refractivity contribution is 0.295. The van der Waals surface area contributed by atoms with Crippen molar-refractivity contribution in [1.82, 2.24) is 0 Å². The summed E-state index contributed by atoms with van der Waals surface area (Å²) < 4.78 is 6.02. The Kier molecular flexibility index (Phi) is 4.20. The highest BCUT2D eigenvalue weighted by molar-refractivity contribution is 6.32. The maximum atomic E-state index is 6.45. The molecule has 4 heteroatoms. The molecule has 2 aliphatic carbocycles. The molecule has 4 N–H and O–H groups in total. The van der Waals surface area contributed by atoms with Crippen molar-refractivity contribution in [3.63, 3.8) is 0 Å². The average Bonchev–Trinajstić information content (AvgIpc) is 3.29. The molecule has 0 aromatic heterocycles. The van der Waals surface area contributed by atoms with Crippen LogP contribution in [-0.4, -0.2) is 13.2 Å². The van der Waals surface area contributed by atoms with Gasteiger partial charge in [0.05, 0.1) is 11.6 Å². The summed E-state index contributed by atoms with van der Waals surface area (Å²) in [7, 11) is 0. The third-order valence-electron chi connectivity index (χ3n) is 4.40. The van der Waals surface area contributed by atoms with E-state index in [2.05, 4.69) is 0 Å². The Morgan fingerprint density at radius 2 is 1.95 bits per heavy atom. The molecule has 3 nitrogen and oxygen atoms in total. The third kappa shape index (κ3) is 2.80. The van der Waals surface area contributed by atoms with Gasteiger partial charge in [-0.3, -0.25) is 0 Å². The van der Waals surface area contributed by atoms with E-state index in [9.17, 15) is 0 Å². The third-order valence-corrected chi connectivity index (χ3v) is 4.68. The van der Waals surface area contributed by atoms with Gasteiger partial charge in [-0.1, -0.05) is 11.6 Å². The van der Waals surface area contributed by atoms with Crippen molar-refractivity contribution in [1.29, 1.82) is 0 Å². The fraction of sp³-hybridized carbons (Fsp3) is 0.625. The second-order valence-corrected chi connectivity index (χ2v) is 6.44. The van der Waals surface area contributed by atoms with Crippen molar-refractivity contribution in [2.75, 3.05) is 13.2 Å². The molecule has 110 valence electrons. The number of nitrogens with two attached hydrogens (primary N) is 2. The van der Waals surface area contributed by atoms with Gasteiger partial charge < -0.3 is 16.2 Å². The monoisotopic (exact) mass is 294 g/mol. The van der Waals surface area contributed by atoms with Crippen LogP contribution in [0.3, 0.4) is 0 Å². The lowest BCUT2D eigenvalue weighted by atomic mass is 9.85. The van der Waals surface area contributed by atoms with Crippen LogP contribution in [0.4, 0.5) is 0 Å². The summed E-state index contributed by atoms with van der Waals surface area (Å²) in [5.74, 6) is 1.64. The predicted molar refractivity (Wildman–Crippen MR) is 82.3 cm³/mol. The predicted octanol–water partition coefficient (Wildman–Crippen LogP) is 2.97. The van der Waals surface area contributed by atoms with Crippen LogP contribution in [0.25, 0.3) is 0 Å². The number of ether oxygens (including phenoxy) is 1. The van der Waals surface area contributed by atoms with Crippen molar-refractivity contribution in [2.24, 2.45) is 17.4 Å². The SMILES string of the molecule is NCC(N)c1cc(Cl)c(OCC2CC2)c2c1CCCC2. The Labute approximate surface area is 125 Å². The summed E-state index contributed by atoms with van der Waals surface area (Å²) in [6, 6.07) is 1.85. The average molecular weight is 295 g/mol. The first-order valence-corrected chi connectivity index (χ1v) is 8.01. The molecule has 2 aliphatic rings. The maximum absolute atomic E-state index is 6.45. The molecule has 1 aromatic carbocycles. The minimum Gasteiger partial charge on any atom is -0.491 e. The van der Waals surface area contributed by atoms with E-state index in [0.717, 1.165) is 36.7 Å². The number of hydrogen-bond acceptors (Lipinski definition) is 3. The quantitative estimate of drug-likeness (QED) is 0.877. The van der Waals surface area contributed by atoms with Crippen LogP contribution in [0, 0.1) is 5.92 Å². The van der Waals surface area contributed by atoms with E-state index < -0.39 is 0 Å². The zero-order valence-corrected chi connectivity index (χ0v) is 12.6. The van der Waals surface area contributed by atoms with E-state index in [4.69, 9.17) is 27.8 Å². The summed E-state index contributed by atoms with van der Waals surface area (Å²) >= 11 is 6.45. The highest BCUT2D eigenvalue weighted by Gasteiger charge is 2.26. The summed E-state index contributed by atoms with van der Waals surface area (Å²) in [5.41, 5.74) is 15.6. The molecule has 0 heterocycles. The second-order valence-electron chi connectivity index (χ2n) is 6.04. The van der Waals surface area contributed by atoms with Crippen LogP contribution in [0.5, 0.6) is 5.75 Å². The molecule has 1 unspecified atom stereocenters. The Morgan fingerprint density at radius 1 is 1.25 bits per heavy atom. The molecule has 3 rings (SSSR count). The first-order chi connectivity index (χ1) is 9.70. The molecule has 1 aromatic rings. The van der Waals surface area contributed by atoms with Gasteiger partial charge in [0.25, 0.3) is 0 Å². The number of rotatable bonds is 5. The summed E-state index contributed by atoms with van der Waals surface area (Å²) in [6.07, 6.45) is 7.09.